The Kier molecular flexibility index (Phi) is 2.68. The third-order valence-corrected chi connectivity index (χ3v) is 2.98. The Morgan fingerprint density at radius 2 is 2.12 bits per heavy atom. The van der Waals surface area contributed by atoms with Gasteiger partial charge in [0.25, 0.3) is 0 Å². The molecule has 1 fully saturated rings. The minimum Gasteiger partial charge on any atom is -0.274 e. The molecule has 1 aliphatic rings. The largest absolute Gasteiger partial charge is 0.274 e. The van der Waals surface area contributed by atoms with E-state index < -0.39 is 0 Å². The summed E-state index contributed by atoms with van der Waals surface area (Å²) in [5.41, 5.74) is 1.57. The first-order valence-corrected chi connectivity index (χ1v) is 5.42. The lowest BCUT2D eigenvalue weighted by Crippen LogP contribution is -2.30. The number of nitrogens with zero attached hydrogens (tertiary/aromatic N) is 2. The van der Waals surface area contributed by atoms with Crippen molar-refractivity contribution in [1.82, 2.24) is 0 Å². The molecule has 0 N–H and O–H groups in total. The maximum absolute atomic E-state index is 11.9. The maximum Gasteiger partial charge on any atom is 0.237 e. The lowest BCUT2D eigenvalue weighted by Gasteiger charge is -2.16. The fourth-order valence-corrected chi connectivity index (χ4v) is 2.02. The summed E-state index contributed by atoms with van der Waals surface area (Å²) in [4.78, 5) is 24.8. The van der Waals surface area contributed by atoms with Crippen LogP contribution in [0.1, 0.15) is 24.5 Å². The van der Waals surface area contributed by atoms with E-state index in [1.54, 1.807) is 32.0 Å². The lowest BCUT2D eigenvalue weighted by molar-refractivity contribution is -0.122. The van der Waals surface area contributed by atoms with Crippen molar-refractivity contribution in [1.29, 1.82) is 5.26 Å². The molecule has 4 nitrogen and oxygen atoms in total. The summed E-state index contributed by atoms with van der Waals surface area (Å²) in [6.45, 7) is 3.51. The molecule has 4 heteroatoms. The number of aryl methyl sites for hydroxylation is 1. The number of carbonyl (C=O) groups is 2. The van der Waals surface area contributed by atoms with Crippen molar-refractivity contribution in [3.8, 4) is 6.07 Å². The van der Waals surface area contributed by atoms with E-state index in [0.29, 0.717) is 11.3 Å². The summed E-state index contributed by atoms with van der Waals surface area (Å²) < 4.78 is 0. The zero-order valence-corrected chi connectivity index (χ0v) is 9.73. The van der Waals surface area contributed by atoms with E-state index in [1.165, 1.54) is 0 Å². The zero-order chi connectivity index (χ0) is 12.6. The van der Waals surface area contributed by atoms with Gasteiger partial charge in [-0.15, -0.1) is 0 Å². The first-order chi connectivity index (χ1) is 8.06. The van der Waals surface area contributed by atoms with E-state index in [2.05, 4.69) is 6.07 Å². The molecule has 1 saturated heterocycles. The van der Waals surface area contributed by atoms with Crippen LogP contribution >= 0.6 is 0 Å². The van der Waals surface area contributed by atoms with Gasteiger partial charge in [-0.2, -0.15) is 5.26 Å². The maximum atomic E-state index is 11.9. The van der Waals surface area contributed by atoms with Gasteiger partial charge >= 0.3 is 0 Å². The Bertz CT molecular complexity index is 543. The Balaban J connectivity index is 2.56. The smallest absolute Gasteiger partial charge is 0.237 e. The predicted octanol–water partition coefficient (Wildman–Crippen LogP) is 1.77. The molecule has 1 unspecified atom stereocenters. The van der Waals surface area contributed by atoms with Crippen molar-refractivity contribution >= 4 is 17.5 Å². The monoisotopic (exact) mass is 228 g/mol. The number of benzene rings is 1. The summed E-state index contributed by atoms with van der Waals surface area (Å²) in [6.07, 6.45) is 0.220. The molecule has 86 valence electrons. The van der Waals surface area contributed by atoms with Crippen molar-refractivity contribution in [2.24, 2.45) is 5.92 Å². The van der Waals surface area contributed by atoms with Crippen molar-refractivity contribution in [2.45, 2.75) is 20.3 Å². The molecule has 0 bridgehead atoms. The van der Waals surface area contributed by atoms with Crippen LogP contribution in [-0.2, 0) is 9.59 Å². The highest BCUT2D eigenvalue weighted by molar-refractivity contribution is 6.21. The Morgan fingerprint density at radius 3 is 2.65 bits per heavy atom. The summed E-state index contributed by atoms with van der Waals surface area (Å²) in [6, 6.07) is 7.22. The molecule has 1 atom stereocenters. The van der Waals surface area contributed by atoms with Gasteiger partial charge in [0.2, 0.25) is 11.8 Å². The minimum atomic E-state index is -0.297. The average molecular weight is 228 g/mol. The van der Waals surface area contributed by atoms with Crippen LogP contribution in [-0.4, -0.2) is 11.8 Å². The second-order valence-corrected chi connectivity index (χ2v) is 4.25. The number of imide groups is 1. The van der Waals surface area contributed by atoms with Crippen LogP contribution < -0.4 is 4.90 Å². The molecule has 1 aliphatic heterocycles. The van der Waals surface area contributed by atoms with E-state index in [-0.39, 0.29) is 24.2 Å². The first kappa shape index (κ1) is 11.3. The second kappa shape index (κ2) is 4.02. The highest BCUT2D eigenvalue weighted by atomic mass is 16.2. The van der Waals surface area contributed by atoms with E-state index in [4.69, 9.17) is 5.26 Å². The molecule has 0 saturated carbocycles. The van der Waals surface area contributed by atoms with Gasteiger partial charge in [-0.25, -0.2) is 4.90 Å². The van der Waals surface area contributed by atoms with Crippen molar-refractivity contribution < 1.29 is 9.59 Å². The molecule has 1 heterocycles. The molecular formula is C13H12N2O2. The quantitative estimate of drug-likeness (QED) is 0.688. The third-order valence-electron chi connectivity index (χ3n) is 2.98. The van der Waals surface area contributed by atoms with Crippen LogP contribution in [0.2, 0.25) is 0 Å². The van der Waals surface area contributed by atoms with Crippen LogP contribution in [0.4, 0.5) is 5.69 Å². The van der Waals surface area contributed by atoms with Gasteiger partial charge in [0.15, 0.2) is 0 Å². The minimum absolute atomic E-state index is 0.220. The molecule has 0 spiro atoms. The van der Waals surface area contributed by atoms with E-state index >= 15 is 0 Å². The molecular weight excluding hydrogens is 216 g/mol. The molecule has 2 rings (SSSR count). The Hall–Kier alpha value is -2.15. The fourth-order valence-electron chi connectivity index (χ4n) is 2.02. The SMILES string of the molecule is Cc1cccc(N2C(=O)CC(C)C2=O)c1C#N. The number of carbonyl (C=O) groups excluding carboxylic acids is 2. The zero-order valence-electron chi connectivity index (χ0n) is 9.73. The second-order valence-electron chi connectivity index (χ2n) is 4.25. The van der Waals surface area contributed by atoms with Crippen LogP contribution in [0.5, 0.6) is 0 Å². The van der Waals surface area contributed by atoms with Gasteiger partial charge in [0, 0.05) is 12.3 Å². The Morgan fingerprint density at radius 1 is 1.41 bits per heavy atom. The third kappa shape index (κ3) is 1.70. The van der Waals surface area contributed by atoms with Crippen LogP contribution in [0.25, 0.3) is 0 Å². The summed E-state index contributed by atoms with van der Waals surface area (Å²) in [7, 11) is 0. The topological polar surface area (TPSA) is 61.2 Å². The van der Waals surface area contributed by atoms with Crippen molar-refractivity contribution in [3.63, 3.8) is 0 Å². The van der Waals surface area contributed by atoms with Crippen LogP contribution in [0, 0.1) is 24.2 Å². The van der Waals surface area contributed by atoms with Gasteiger partial charge in [-0.1, -0.05) is 19.1 Å². The first-order valence-electron chi connectivity index (χ1n) is 5.42. The lowest BCUT2D eigenvalue weighted by atomic mass is 10.1. The molecule has 1 aromatic carbocycles. The van der Waals surface area contributed by atoms with E-state index in [9.17, 15) is 9.59 Å². The van der Waals surface area contributed by atoms with Gasteiger partial charge in [-0.3, -0.25) is 9.59 Å². The van der Waals surface area contributed by atoms with Gasteiger partial charge in [-0.05, 0) is 18.6 Å². The van der Waals surface area contributed by atoms with Crippen LogP contribution in [0.3, 0.4) is 0 Å². The van der Waals surface area contributed by atoms with Crippen molar-refractivity contribution in [3.05, 3.63) is 29.3 Å². The summed E-state index contributed by atoms with van der Waals surface area (Å²) >= 11 is 0. The molecule has 0 radical (unpaired) electrons. The highest BCUT2D eigenvalue weighted by Gasteiger charge is 2.37. The van der Waals surface area contributed by atoms with Gasteiger partial charge < -0.3 is 0 Å². The number of anilines is 1. The summed E-state index contributed by atoms with van der Waals surface area (Å²) in [5.74, 6) is -0.753. The van der Waals surface area contributed by atoms with E-state index in [0.717, 1.165) is 10.5 Å². The number of amides is 2. The predicted molar refractivity (Wildman–Crippen MR) is 62.2 cm³/mol. The average Bonchev–Trinajstić information content (AvgIpc) is 2.53. The number of nitriles is 1. The van der Waals surface area contributed by atoms with Crippen LogP contribution in [0.15, 0.2) is 18.2 Å². The molecule has 1 aromatic rings. The normalized spacial score (nSPS) is 19.6. The molecule has 17 heavy (non-hydrogen) atoms. The standard InChI is InChI=1S/C13H12N2O2/c1-8-4-3-5-11(10(8)7-14)15-12(16)6-9(2)13(15)17/h3-5,9H,6H2,1-2H3. The van der Waals surface area contributed by atoms with Crippen molar-refractivity contribution in [2.75, 3.05) is 4.90 Å². The molecule has 0 aliphatic carbocycles. The van der Waals surface area contributed by atoms with E-state index in [1.807, 2.05) is 0 Å². The summed E-state index contributed by atoms with van der Waals surface area (Å²) in [5, 5.41) is 9.10. The number of rotatable bonds is 1. The van der Waals surface area contributed by atoms with Gasteiger partial charge in [0.1, 0.15) is 6.07 Å². The molecule has 0 aromatic heterocycles. The number of hydrogen-bond acceptors (Lipinski definition) is 3. The highest BCUT2D eigenvalue weighted by Crippen LogP contribution is 2.30. The van der Waals surface area contributed by atoms with Gasteiger partial charge in [0.05, 0.1) is 11.3 Å². The fraction of sp³-hybridized carbons (Fsp3) is 0.308. The Labute approximate surface area is 99.5 Å². The molecule has 2 amide bonds. The number of hydrogen-bond donors (Lipinski definition) is 0.